The van der Waals surface area contributed by atoms with Crippen molar-refractivity contribution >= 4 is 34.7 Å². The number of ether oxygens (including phenoxy) is 1. The van der Waals surface area contributed by atoms with E-state index in [4.69, 9.17) is 22.1 Å². The molecule has 0 saturated heterocycles. The molecule has 3 heterocycles. The number of hydrogen-bond acceptors (Lipinski definition) is 7. The first-order valence-corrected chi connectivity index (χ1v) is 13.2. The smallest absolute Gasteiger partial charge is 0.378 e. The molecule has 0 aliphatic heterocycles. The highest BCUT2D eigenvalue weighted by Crippen LogP contribution is 2.38. The zero-order chi connectivity index (χ0) is 29.7. The Balaban J connectivity index is 1.62. The Bertz CT molecular complexity index is 1550. The van der Waals surface area contributed by atoms with Gasteiger partial charge in [0.2, 0.25) is 0 Å². The Hall–Kier alpha value is -3.94. The molecule has 4 N–H and O–H groups in total. The minimum absolute atomic E-state index is 0.146. The van der Waals surface area contributed by atoms with Crippen molar-refractivity contribution in [1.82, 2.24) is 29.5 Å². The van der Waals surface area contributed by atoms with Gasteiger partial charge in [0.05, 0.1) is 36.7 Å². The summed E-state index contributed by atoms with van der Waals surface area (Å²) in [7, 11) is 0. The fourth-order valence-corrected chi connectivity index (χ4v) is 4.28. The average Bonchev–Trinajstić information content (AvgIpc) is 3.57. The molecular weight excluding hydrogens is 561 g/mol. The van der Waals surface area contributed by atoms with Crippen LogP contribution in [0.25, 0.3) is 16.9 Å². The Morgan fingerprint density at radius 2 is 2.05 bits per heavy atom. The number of alkyl halides is 3. The zero-order valence-electron chi connectivity index (χ0n) is 22.5. The monoisotopic (exact) mass is 590 g/mol. The molecule has 0 saturated carbocycles. The van der Waals surface area contributed by atoms with Crippen LogP contribution in [0.1, 0.15) is 41.5 Å². The van der Waals surface area contributed by atoms with Gasteiger partial charge in [0, 0.05) is 48.0 Å². The first kappa shape index (κ1) is 30.0. The molecule has 10 nitrogen and oxygen atoms in total. The number of nitrogens with zero attached hydrogens (tertiary/aromatic N) is 5. The lowest BCUT2D eigenvalue weighted by molar-refractivity contribution is -0.141. The average molecular weight is 591 g/mol. The minimum Gasteiger partial charge on any atom is -0.378 e. The second-order valence-corrected chi connectivity index (χ2v) is 9.60. The highest BCUT2D eigenvalue weighted by atomic mass is 35.5. The van der Waals surface area contributed by atoms with Gasteiger partial charge in [-0.25, -0.2) is 9.97 Å². The first-order valence-electron chi connectivity index (χ1n) is 12.8. The van der Waals surface area contributed by atoms with Crippen molar-refractivity contribution in [2.75, 3.05) is 31.6 Å². The number of allylic oxidation sites excluding steroid dienone is 1. The number of aryl methyl sites for hydroxylation is 1. The van der Waals surface area contributed by atoms with Crippen LogP contribution in [0.2, 0.25) is 0 Å². The summed E-state index contributed by atoms with van der Waals surface area (Å²) in [6.07, 6.45) is 1.46. The summed E-state index contributed by atoms with van der Waals surface area (Å²) in [6, 6.07) is 4.58. The molecular formula is C27H30ClF3N8O2. The SMILES string of the molecule is C=C(Cl)C(C)n1cc(-c2cnc3c(Nc4ccc(C(=O)NCCOCCN)c(CC)c4)nccn23)c(C(F)(F)F)n1. The van der Waals surface area contributed by atoms with E-state index in [1.165, 1.54) is 29.2 Å². The van der Waals surface area contributed by atoms with Crippen molar-refractivity contribution < 1.29 is 22.7 Å². The van der Waals surface area contributed by atoms with Crippen LogP contribution in [-0.2, 0) is 17.3 Å². The quantitative estimate of drug-likeness (QED) is 0.200. The van der Waals surface area contributed by atoms with Gasteiger partial charge >= 0.3 is 6.18 Å². The van der Waals surface area contributed by atoms with Crippen molar-refractivity contribution in [1.29, 1.82) is 0 Å². The molecule has 0 spiro atoms. The summed E-state index contributed by atoms with van der Waals surface area (Å²) in [4.78, 5) is 21.4. The third-order valence-corrected chi connectivity index (χ3v) is 6.66. The van der Waals surface area contributed by atoms with E-state index in [2.05, 4.69) is 32.3 Å². The highest BCUT2D eigenvalue weighted by molar-refractivity contribution is 6.29. The number of fused-ring (bicyclic) bond motifs is 1. The maximum absolute atomic E-state index is 13.9. The third-order valence-electron chi connectivity index (χ3n) is 6.34. The first-order chi connectivity index (χ1) is 19.5. The molecule has 1 unspecified atom stereocenters. The molecule has 41 heavy (non-hydrogen) atoms. The van der Waals surface area contributed by atoms with Gasteiger partial charge in [-0.1, -0.05) is 25.1 Å². The normalized spacial score (nSPS) is 12.5. The van der Waals surface area contributed by atoms with Crippen molar-refractivity contribution in [3.05, 3.63) is 71.4 Å². The predicted molar refractivity (Wildman–Crippen MR) is 150 cm³/mol. The number of carbonyl (C=O) groups excluding carboxylic acids is 1. The van der Waals surface area contributed by atoms with E-state index in [0.29, 0.717) is 55.4 Å². The highest BCUT2D eigenvalue weighted by Gasteiger charge is 2.39. The maximum atomic E-state index is 13.9. The molecule has 4 rings (SSSR count). The Morgan fingerprint density at radius 1 is 1.27 bits per heavy atom. The predicted octanol–water partition coefficient (Wildman–Crippen LogP) is 4.94. The number of imidazole rings is 1. The summed E-state index contributed by atoms with van der Waals surface area (Å²) in [5, 5.41) is 9.90. The summed E-state index contributed by atoms with van der Waals surface area (Å²) in [5.41, 5.74) is 6.59. The van der Waals surface area contributed by atoms with Crippen LogP contribution < -0.4 is 16.4 Å². The Kier molecular flexibility index (Phi) is 9.31. The molecule has 1 aromatic carbocycles. The number of rotatable bonds is 12. The fraction of sp³-hybridized carbons (Fsp3) is 0.333. The number of aromatic nitrogens is 5. The molecule has 0 aliphatic rings. The molecule has 218 valence electrons. The summed E-state index contributed by atoms with van der Waals surface area (Å²) < 4.78 is 49.7. The number of carbonyl (C=O) groups is 1. The number of amides is 1. The van der Waals surface area contributed by atoms with Crippen LogP contribution in [0, 0.1) is 0 Å². The zero-order valence-corrected chi connectivity index (χ0v) is 23.3. The van der Waals surface area contributed by atoms with Gasteiger partial charge in [0.1, 0.15) is 0 Å². The van der Waals surface area contributed by atoms with E-state index in [1.807, 2.05) is 13.0 Å². The van der Waals surface area contributed by atoms with Gasteiger partial charge in [-0.05, 0) is 37.1 Å². The van der Waals surface area contributed by atoms with Crippen molar-refractivity contribution in [3.8, 4) is 11.3 Å². The lowest BCUT2D eigenvalue weighted by atomic mass is 10.0. The van der Waals surface area contributed by atoms with Gasteiger partial charge in [0.25, 0.3) is 5.91 Å². The number of nitrogens with two attached hydrogens (primary N) is 1. The largest absolute Gasteiger partial charge is 0.435 e. The third kappa shape index (κ3) is 6.69. The number of anilines is 2. The lowest BCUT2D eigenvalue weighted by Gasteiger charge is -2.13. The molecule has 0 aliphatic carbocycles. The van der Waals surface area contributed by atoms with E-state index < -0.39 is 17.9 Å². The number of benzene rings is 1. The molecule has 3 aromatic heterocycles. The summed E-state index contributed by atoms with van der Waals surface area (Å²) >= 11 is 5.94. The number of hydrogen-bond donors (Lipinski definition) is 3. The van der Waals surface area contributed by atoms with Crippen LogP contribution in [0.4, 0.5) is 24.7 Å². The minimum atomic E-state index is -4.71. The second kappa shape index (κ2) is 12.7. The topological polar surface area (TPSA) is 124 Å². The molecule has 14 heteroatoms. The number of nitrogens with one attached hydrogen (secondary N) is 2. The standard InChI is InChI=1S/C27H30ClF3N8O2/c1-4-18-13-19(5-6-20(18)26(40)34-9-12-41-11-7-32)36-24-25-35-14-22(38(25)10-8-33-24)21-15-39(17(3)16(2)28)37-23(21)27(29,30)31/h5-6,8,10,13-15,17H,2,4,7,9,11-12,32H2,1,3H3,(H,33,36)(H,34,40). The maximum Gasteiger partial charge on any atom is 0.435 e. The van der Waals surface area contributed by atoms with Crippen LogP contribution >= 0.6 is 11.6 Å². The van der Waals surface area contributed by atoms with Crippen molar-refractivity contribution in [3.63, 3.8) is 0 Å². The Labute approximate surface area is 239 Å². The van der Waals surface area contributed by atoms with Gasteiger partial charge in [-0.15, -0.1) is 0 Å². The van der Waals surface area contributed by atoms with Crippen molar-refractivity contribution in [2.45, 2.75) is 32.5 Å². The van der Waals surface area contributed by atoms with Gasteiger partial charge < -0.3 is 21.1 Å². The van der Waals surface area contributed by atoms with E-state index in [9.17, 15) is 18.0 Å². The number of halogens is 4. The van der Waals surface area contributed by atoms with Crippen molar-refractivity contribution in [2.24, 2.45) is 5.73 Å². The second-order valence-electron chi connectivity index (χ2n) is 9.11. The van der Waals surface area contributed by atoms with Crippen LogP contribution in [0.5, 0.6) is 0 Å². The molecule has 0 radical (unpaired) electrons. The van der Waals surface area contributed by atoms with Gasteiger partial charge in [-0.3, -0.25) is 13.9 Å². The van der Waals surface area contributed by atoms with Gasteiger partial charge in [0.15, 0.2) is 17.2 Å². The molecule has 1 atom stereocenters. The summed E-state index contributed by atoms with van der Waals surface area (Å²) in [6.45, 7) is 8.68. The van der Waals surface area contributed by atoms with Crippen LogP contribution in [-0.4, -0.2) is 56.4 Å². The van der Waals surface area contributed by atoms with E-state index in [-0.39, 0.29) is 22.2 Å². The fourth-order valence-electron chi connectivity index (χ4n) is 4.18. The van der Waals surface area contributed by atoms with Crippen LogP contribution in [0.3, 0.4) is 0 Å². The van der Waals surface area contributed by atoms with Gasteiger partial charge in [-0.2, -0.15) is 18.3 Å². The molecule has 1 amide bonds. The van der Waals surface area contributed by atoms with Crippen LogP contribution in [0.15, 0.2) is 54.6 Å². The van der Waals surface area contributed by atoms with E-state index in [0.717, 1.165) is 10.2 Å². The molecule has 0 bridgehead atoms. The van der Waals surface area contributed by atoms with E-state index >= 15 is 0 Å². The Morgan fingerprint density at radius 3 is 2.73 bits per heavy atom. The summed E-state index contributed by atoms with van der Waals surface area (Å²) in [5.74, 6) is 0.0921. The van der Waals surface area contributed by atoms with E-state index in [1.54, 1.807) is 19.1 Å². The molecule has 4 aromatic rings. The lowest BCUT2D eigenvalue weighted by Crippen LogP contribution is -2.28. The molecule has 0 fully saturated rings.